The number of aryl methyl sites for hydroxylation is 1. The smallest absolute Gasteiger partial charge is 0.0632 e. The Balaban J connectivity index is 2.57. The number of nitrogens with one attached hydrogen (secondary N) is 1. The highest BCUT2D eigenvalue weighted by Crippen LogP contribution is 2.06. The van der Waals surface area contributed by atoms with Crippen molar-refractivity contribution in [3.8, 4) is 0 Å². The highest BCUT2D eigenvalue weighted by Gasteiger charge is 2.06. The first-order chi connectivity index (χ1) is 6.76. The van der Waals surface area contributed by atoms with Gasteiger partial charge in [-0.1, -0.05) is 29.8 Å². The largest absolute Gasteiger partial charge is 0.383 e. The Kier molecular flexibility index (Phi) is 4.59. The fourth-order valence-corrected chi connectivity index (χ4v) is 1.49. The molecular weight excluding hydrogens is 176 g/mol. The predicted octanol–water partition coefficient (Wildman–Crippen LogP) is 1.02. The van der Waals surface area contributed by atoms with Gasteiger partial charge in [0.2, 0.25) is 0 Å². The van der Waals surface area contributed by atoms with E-state index in [9.17, 15) is 0 Å². The van der Waals surface area contributed by atoms with Crippen LogP contribution in [0.15, 0.2) is 24.3 Å². The van der Waals surface area contributed by atoms with Gasteiger partial charge in [0.1, 0.15) is 0 Å². The lowest BCUT2D eigenvalue weighted by Crippen LogP contribution is -2.40. The summed E-state index contributed by atoms with van der Waals surface area (Å²) in [4.78, 5) is 0. The van der Waals surface area contributed by atoms with Crippen LogP contribution in [0.1, 0.15) is 11.1 Å². The van der Waals surface area contributed by atoms with Gasteiger partial charge >= 0.3 is 0 Å². The van der Waals surface area contributed by atoms with E-state index in [4.69, 9.17) is 10.6 Å². The van der Waals surface area contributed by atoms with Crippen molar-refractivity contribution < 1.29 is 4.74 Å². The van der Waals surface area contributed by atoms with E-state index < -0.39 is 0 Å². The van der Waals surface area contributed by atoms with Crippen molar-refractivity contribution >= 4 is 0 Å². The first-order valence-electron chi connectivity index (χ1n) is 4.77. The third kappa shape index (κ3) is 3.46. The molecule has 1 aromatic rings. The van der Waals surface area contributed by atoms with Crippen molar-refractivity contribution in [2.45, 2.75) is 19.4 Å². The van der Waals surface area contributed by atoms with E-state index in [0.717, 1.165) is 6.42 Å². The number of hydrogen-bond donors (Lipinski definition) is 2. The Labute approximate surface area is 85.2 Å². The molecule has 0 bridgehead atoms. The molecule has 78 valence electrons. The second-order valence-electron chi connectivity index (χ2n) is 3.51. The van der Waals surface area contributed by atoms with Gasteiger partial charge in [0.05, 0.1) is 6.61 Å². The number of hydrazine groups is 1. The van der Waals surface area contributed by atoms with Gasteiger partial charge in [0.15, 0.2) is 0 Å². The molecular formula is C11H18N2O. The van der Waals surface area contributed by atoms with Crippen LogP contribution in [-0.4, -0.2) is 19.8 Å². The summed E-state index contributed by atoms with van der Waals surface area (Å²) in [7, 11) is 1.68. The van der Waals surface area contributed by atoms with Crippen LogP contribution in [-0.2, 0) is 11.2 Å². The third-order valence-electron chi connectivity index (χ3n) is 2.17. The summed E-state index contributed by atoms with van der Waals surface area (Å²) in [5, 5.41) is 0. The van der Waals surface area contributed by atoms with Gasteiger partial charge in [-0.25, -0.2) is 0 Å². The lowest BCUT2D eigenvalue weighted by Gasteiger charge is -2.14. The summed E-state index contributed by atoms with van der Waals surface area (Å²) in [6.45, 7) is 2.72. The van der Waals surface area contributed by atoms with Crippen molar-refractivity contribution in [2.75, 3.05) is 13.7 Å². The molecule has 1 atom stereocenters. The maximum Gasteiger partial charge on any atom is 0.0632 e. The first kappa shape index (κ1) is 11.2. The standard InChI is InChI=1S/C11H18N2O/c1-9-4-3-5-10(6-9)7-11(13-12)8-14-2/h3-6,11,13H,7-8,12H2,1-2H3. The Hall–Kier alpha value is -0.900. The fourth-order valence-electron chi connectivity index (χ4n) is 1.49. The summed E-state index contributed by atoms with van der Waals surface area (Å²) in [6, 6.07) is 8.60. The van der Waals surface area contributed by atoms with Crippen LogP contribution in [0.25, 0.3) is 0 Å². The summed E-state index contributed by atoms with van der Waals surface area (Å²) in [6.07, 6.45) is 0.895. The molecule has 3 nitrogen and oxygen atoms in total. The zero-order valence-corrected chi connectivity index (χ0v) is 8.79. The molecule has 3 heteroatoms. The number of nitrogens with two attached hydrogens (primary N) is 1. The molecule has 0 spiro atoms. The van der Waals surface area contributed by atoms with E-state index in [1.165, 1.54) is 11.1 Å². The molecule has 0 amide bonds. The molecule has 0 heterocycles. The van der Waals surface area contributed by atoms with E-state index >= 15 is 0 Å². The minimum atomic E-state index is 0.182. The monoisotopic (exact) mass is 194 g/mol. The maximum atomic E-state index is 5.41. The Bertz CT molecular complexity index is 276. The number of benzene rings is 1. The Morgan fingerprint density at radius 1 is 1.50 bits per heavy atom. The molecule has 0 aliphatic rings. The lowest BCUT2D eigenvalue weighted by atomic mass is 10.0. The van der Waals surface area contributed by atoms with Gasteiger partial charge in [-0.05, 0) is 18.9 Å². The second-order valence-corrected chi connectivity index (χ2v) is 3.51. The number of methoxy groups -OCH3 is 1. The van der Waals surface area contributed by atoms with Crippen molar-refractivity contribution in [3.05, 3.63) is 35.4 Å². The van der Waals surface area contributed by atoms with Crippen LogP contribution in [0, 0.1) is 6.92 Å². The van der Waals surface area contributed by atoms with Crippen molar-refractivity contribution in [3.63, 3.8) is 0 Å². The van der Waals surface area contributed by atoms with Gasteiger partial charge in [0.25, 0.3) is 0 Å². The van der Waals surface area contributed by atoms with Crippen LogP contribution in [0.2, 0.25) is 0 Å². The maximum absolute atomic E-state index is 5.41. The van der Waals surface area contributed by atoms with Crippen molar-refractivity contribution in [1.82, 2.24) is 5.43 Å². The summed E-state index contributed by atoms with van der Waals surface area (Å²) < 4.78 is 5.05. The SMILES string of the molecule is COCC(Cc1cccc(C)c1)NN. The molecule has 0 radical (unpaired) electrons. The average molecular weight is 194 g/mol. The van der Waals surface area contributed by atoms with Crippen molar-refractivity contribution in [2.24, 2.45) is 5.84 Å². The molecule has 0 aromatic heterocycles. The molecule has 0 fully saturated rings. The van der Waals surface area contributed by atoms with E-state index in [1.54, 1.807) is 7.11 Å². The normalized spacial score (nSPS) is 12.8. The van der Waals surface area contributed by atoms with Crippen LogP contribution in [0.3, 0.4) is 0 Å². The number of hydrogen-bond acceptors (Lipinski definition) is 3. The molecule has 1 rings (SSSR count). The first-order valence-corrected chi connectivity index (χ1v) is 4.77. The highest BCUT2D eigenvalue weighted by molar-refractivity contribution is 5.22. The molecule has 1 aromatic carbocycles. The minimum Gasteiger partial charge on any atom is -0.383 e. The zero-order chi connectivity index (χ0) is 10.4. The molecule has 0 saturated heterocycles. The van der Waals surface area contributed by atoms with E-state index in [1.807, 2.05) is 0 Å². The Morgan fingerprint density at radius 3 is 2.86 bits per heavy atom. The van der Waals surface area contributed by atoms with E-state index in [2.05, 4.69) is 36.6 Å². The van der Waals surface area contributed by atoms with Gasteiger partial charge in [0, 0.05) is 13.2 Å². The summed E-state index contributed by atoms with van der Waals surface area (Å²) in [5.74, 6) is 5.41. The van der Waals surface area contributed by atoms with Crippen LogP contribution >= 0.6 is 0 Å². The van der Waals surface area contributed by atoms with E-state index in [0.29, 0.717) is 6.61 Å². The molecule has 14 heavy (non-hydrogen) atoms. The van der Waals surface area contributed by atoms with E-state index in [-0.39, 0.29) is 6.04 Å². The summed E-state index contributed by atoms with van der Waals surface area (Å²) in [5.41, 5.74) is 5.30. The molecule has 0 aliphatic heterocycles. The van der Waals surface area contributed by atoms with Crippen LogP contribution < -0.4 is 11.3 Å². The van der Waals surface area contributed by atoms with Crippen LogP contribution in [0.4, 0.5) is 0 Å². The molecule has 1 unspecified atom stereocenters. The second kappa shape index (κ2) is 5.75. The summed E-state index contributed by atoms with van der Waals surface area (Å²) >= 11 is 0. The topological polar surface area (TPSA) is 47.3 Å². The minimum absolute atomic E-state index is 0.182. The number of rotatable bonds is 5. The number of ether oxygens (including phenoxy) is 1. The molecule has 0 saturated carbocycles. The fraction of sp³-hybridized carbons (Fsp3) is 0.455. The van der Waals surface area contributed by atoms with Gasteiger partial charge in [-0.3, -0.25) is 11.3 Å². The zero-order valence-electron chi connectivity index (χ0n) is 8.79. The predicted molar refractivity (Wildman–Crippen MR) is 57.9 cm³/mol. The van der Waals surface area contributed by atoms with Gasteiger partial charge in [-0.15, -0.1) is 0 Å². The molecule has 3 N–H and O–H groups in total. The highest BCUT2D eigenvalue weighted by atomic mass is 16.5. The molecule has 0 aliphatic carbocycles. The third-order valence-corrected chi connectivity index (χ3v) is 2.17. The van der Waals surface area contributed by atoms with Gasteiger partial charge in [-0.2, -0.15) is 0 Å². The van der Waals surface area contributed by atoms with Crippen LogP contribution in [0.5, 0.6) is 0 Å². The van der Waals surface area contributed by atoms with Crippen molar-refractivity contribution in [1.29, 1.82) is 0 Å². The quantitative estimate of drug-likeness (QED) is 0.543. The lowest BCUT2D eigenvalue weighted by molar-refractivity contribution is 0.166. The van der Waals surface area contributed by atoms with Gasteiger partial charge < -0.3 is 4.74 Å². The Morgan fingerprint density at radius 2 is 2.29 bits per heavy atom. The average Bonchev–Trinajstić information content (AvgIpc) is 2.17.